The topological polar surface area (TPSA) is 62.5 Å². The summed E-state index contributed by atoms with van der Waals surface area (Å²) in [5.41, 5.74) is 4.43. The van der Waals surface area contributed by atoms with E-state index in [1.54, 1.807) is 31.5 Å². The predicted molar refractivity (Wildman–Crippen MR) is 138 cm³/mol. The van der Waals surface area contributed by atoms with Crippen molar-refractivity contribution in [2.45, 2.75) is 19.0 Å². The number of rotatable bonds is 5. The van der Waals surface area contributed by atoms with Gasteiger partial charge >= 0.3 is 0 Å². The molecule has 1 aliphatic rings. The number of aromatic nitrogens is 2. The molecule has 0 bridgehead atoms. The quantitative estimate of drug-likeness (QED) is 0.348. The number of anilines is 1. The first-order valence-electron chi connectivity index (χ1n) is 10.8. The number of hydrogen-bond acceptors (Lipinski definition) is 4. The average Bonchev–Trinajstić information content (AvgIpc) is 3.40. The zero-order valence-corrected chi connectivity index (χ0v) is 20.2. The summed E-state index contributed by atoms with van der Waals surface area (Å²) < 4.78 is 7.53. The summed E-state index contributed by atoms with van der Waals surface area (Å²) >= 11 is 12.1. The Morgan fingerprint density at radius 2 is 1.85 bits per heavy atom. The van der Waals surface area contributed by atoms with Gasteiger partial charge in [0.2, 0.25) is 0 Å². The van der Waals surface area contributed by atoms with E-state index in [0.29, 0.717) is 15.8 Å². The van der Waals surface area contributed by atoms with Crippen LogP contribution in [-0.2, 0) is 0 Å². The number of methoxy groups -OCH3 is 1. The first-order valence-corrected chi connectivity index (χ1v) is 11.6. The fraction of sp³-hybridized carbons (Fsp3) is 0.154. The number of aryl methyl sites for hydroxylation is 1. The molecule has 1 aliphatic heterocycles. The van der Waals surface area contributed by atoms with Crippen molar-refractivity contribution < 1.29 is 9.84 Å². The van der Waals surface area contributed by atoms with Crippen LogP contribution in [0.3, 0.4) is 0 Å². The Labute approximate surface area is 208 Å². The number of aromatic hydroxyl groups is 1. The van der Waals surface area contributed by atoms with E-state index in [9.17, 15) is 5.11 Å². The van der Waals surface area contributed by atoms with E-state index in [4.69, 9.17) is 28.6 Å². The molecule has 172 valence electrons. The van der Waals surface area contributed by atoms with Gasteiger partial charge in [-0.1, -0.05) is 17.7 Å². The van der Waals surface area contributed by atoms with E-state index in [2.05, 4.69) is 33.9 Å². The second kappa shape index (κ2) is 9.00. The van der Waals surface area contributed by atoms with Crippen molar-refractivity contribution in [3.63, 3.8) is 0 Å². The number of ether oxygens (including phenoxy) is 1. The number of phenols is 1. The minimum Gasteiger partial charge on any atom is -0.506 e. The Balaban J connectivity index is 1.71. The van der Waals surface area contributed by atoms with Crippen molar-refractivity contribution in [2.75, 3.05) is 12.0 Å². The maximum absolute atomic E-state index is 10.8. The molecule has 8 heteroatoms. The molecule has 5 rings (SSSR count). The van der Waals surface area contributed by atoms with Crippen LogP contribution in [0.2, 0.25) is 5.02 Å². The molecule has 4 aromatic rings. The van der Waals surface area contributed by atoms with Crippen LogP contribution >= 0.6 is 23.8 Å². The van der Waals surface area contributed by atoms with Gasteiger partial charge in [0.1, 0.15) is 17.5 Å². The second-order valence-corrected chi connectivity index (χ2v) is 8.89. The molecule has 0 saturated carbocycles. The standard InChI is InChI=1S/C26H23ClN4O2S/c1-16-6-12-21(30(16)18-8-10-19(33-2)11-9-18)25-24(20-5-3-4-14-28-20)29-26(34)31(25)22-15-17(27)7-13-23(22)32/h3-15,24-25,32H,1-2H3,(H,29,34)/t24-,25-/m1/s1. The fourth-order valence-corrected chi connectivity index (χ4v) is 4.98. The van der Waals surface area contributed by atoms with E-state index >= 15 is 0 Å². The summed E-state index contributed by atoms with van der Waals surface area (Å²) in [4.78, 5) is 6.53. The van der Waals surface area contributed by atoms with Gasteiger partial charge in [-0.15, -0.1) is 0 Å². The van der Waals surface area contributed by atoms with Gasteiger partial charge in [-0.3, -0.25) is 4.98 Å². The normalized spacial score (nSPS) is 17.6. The molecule has 1 saturated heterocycles. The molecule has 2 N–H and O–H groups in total. The van der Waals surface area contributed by atoms with Gasteiger partial charge in [-0.2, -0.15) is 0 Å². The monoisotopic (exact) mass is 490 g/mol. The van der Waals surface area contributed by atoms with Crippen LogP contribution in [0.1, 0.15) is 29.2 Å². The van der Waals surface area contributed by atoms with Crippen molar-refractivity contribution in [3.8, 4) is 17.2 Å². The molecule has 6 nitrogen and oxygen atoms in total. The number of nitrogens with one attached hydrogen (secondary N) is 1. The van der Waals surface area contributed by atoms with E-state index < -0.39 is 0 Å². The SMILES string of the molecule is COc1ccc(-n2c(C)ccc2[C@@H]2[C@@H](c3ccccn3)NC(=S)N2c2cc(Cl)ccc2O)cc1. The number of benzene rings is 2. The Hall–Kier alpha value is -3.55. The Bertz CT molecular complexity index is 1340. The molecule has 2 atom stereocenters. The number of thiocarbonyl (C=S) groups is 1. The van der Waals surface area contributed by atoms with Crippen molar-refractivity contribution in [2.24, 2.45) is 0 Å². The predicted octanol–water partition coefficient (Wildman–Crippen LogP) is 5.73. The summed E-state index contributed by atoms with van der Waals surface area (Å²) in [6.07, 6.45) is 1.77. The van der Waals surface area contributed by atoms with Gasteiger partial charge in [0.15, 0.2) is 5.11 Å². The number of halogens is 1. The van der Waals surface area contributed by atoms with Crippen LogP contribution in [-0.4, -0.2) is 26.9 Å². The molecule has 0 amide bonds. The lowest BCUT2D eigenvalue weighted by Gasteiger charge is -2.30. The van der Waals surface area contributed by atoms with Crippen molar-refractivity contribution >= 4 is 34.6 Å². The minimum absolute atomic E-state index is 0.0968. The Morgan fingerprint density at radius 3 is 2.56 bits per heavy atom. The number of phenolic OH excluding ortho intramolecular Hbond substituents is 1. The third-order valence-corrected chi connectivity index (χ3v) is 6.58. The van der Waals surface area contributed by atoms with Crippen molar-refractivity contribution in [1.29, 1.82) is 0 Å². The third-order valence-electron chi connectivity index (χ3n) is 6.03. The highest BCUT2D eigenvalue weighted by atomic mass is 35.5. The summed E-state index contributed by atoms with van der Waals surface area (Å²) in [7, 11) is 1.65. The zero-order chi connectivity index (χ0) is 23.8. The summed E-state index contributed by atoms with van der Waals surface area (Å²) in [6.45, 7) is 2.06. The molecule has 0 radical (unpaired) electrons. The fourth-order valence-electron chi connectivity index (χ4n) is 4.48. The van der Waals surface area contributed by atoms with Crippen LogP contribution in [0.5, 0.6) is 11.5 Å². The van der Waals surface area contributed by atoms with Gasteiger partial charge in [0, 0.05) is 28.3 Å². The van der Waals surface area contributed by atoms with E-state index in [1.807, 2.05) is 47.4 Å². The summed E-state index contributed by atoms with van der Waals surface area (Å²) in [5, 5.41) is 15.2. The van der Waals surface area contributed by atoms with Crippen LogP contribution in [0.4, 0.5) is 5.69 Å². The summed E-state index contributed by atoms with van der Waals surface area (Å²) in [6, 6.07) is 22.3. The van der Waals surface area contributed by atoms with Crippen LogP contribution in [0, 0.1) is 6.92 Å². The molecule has 2 aromatic heterocycles. The lowest BCUT2D eigenvalue weighted by atomic mass is 10.0. The molecule has 0 unspecified atom stereocenters. The molecule has 34 heavy (non-hydrogen) atoms. The zero-order valence-electron chi connectivity index (χ0n) is 18.6. The second-order valence-electron chi connectivity index (χ2n) is 8.06. The average molecular weight is 491 g/mol. The maximum Gasteiger partial charge on any atom is 0.174 e. The lowest BCUT2D eigenvalue weighted by Crippen LogP contribution is -2.30. The molecular formula is C26H23ClN4O2S. The third kappa shape index (κ3) is 3.87. The van der Waals surface area contributed by atoms with Crippen LogP contribution < -0.4 is 15.0 Å². The highest BCUT2D eigenvalue weighted by Gasteiger charge is 2.43. The number of hydrogen-bond donors (Lipinski definition) is 2. The first-order chi connectivity index (χ1) is 16.5. The molecule has 0 spiro atoms. The van der Waals surface area contributed by atoms with E-state index in [1.165, 1.54) is 0 Å². The van der Waals surface area contributed by atoms with Gasteiger partial charge in [0.05, 0.1) is 24.5 Å². The van der Waals surface area contributed by atoms with Crippen LogP contribution in [0.25, 0.3) is 5.69 Å². The van der Waals surface area contributed by atoms with Gasteiger partial charge in [0.25, 0.3) is 0 Å². The van der Waals surface area contributed by atoms with Crippen LogP contribution in [0.15, 0.2) is 79.0 Å². The maximum atomic E-state index is 10.8. The number of nitrogens with zero attached hydrogens (tertiary/aromatic N) is 3. The number of pyridine rings is 1. The molecule has 3 heterocycles. The smallest absolute Gasteiger partial charge is 0.174 e. The van der Waals surface area contributed by atoms with E-state index in [-0.39, 0.29) is 17.8 Å². The highest BCUT2D eigenvalue weighted by Crippen LogP contribution is 2.45. The highest BCUT2D eigenvalue weighted by molar-refractivity contribution is 7.80. The molecule has 2 aromatic carbocycles. The Morgan fingerprint density at radius 1 is 1.06 bits per heavy atom. The largest absolute Gasteiger partial charge is 0.506 e. The molecule has 1 fully saturated rings. The van der Waals surface area contributed by atoms with Crippen molar-refractivity contribution in [1.82, 2.24) is 14.9 Å². The summed E-state index contributed by atoms with van der Waals surface area (Å²) in [5.74, 6) is 0.884. The first kappa shape index (κ1) is 22.3. The van der Waals surface area contributed by atoms with Gasteiger partial charge < -0.3 is 24.6 Å². The van der Waals surface area contributed by atoms with Gasteiger partial charge in [-0.25, -0.2) is 0 Å². The van der Waals surface area contributed by atoms with Gasteiger partial charge in [-0.05, 0) is 85.9 Å². The molecular weight excluding hydrogens is 468 g/mol. The minimum atomic E-state index is -0.303. The Kier molecular flexibility index (Phi) is 5.89. The van der Waals surface area contributed by atoms with Crippen molar-refractivity contribution in [3.05, 3.63) is 101 Å². The molecule has 0 aliphatic carbocycles. The lowest BCUT2D eigenvalue weighted by molar-refractivity contribution is 0.414. The van der Waals surface area contributed by atoms with E-state index in [0.717, 1.165) is 28.5 Å².